The Morgan fingerprint density at radius 2 is 2.10 bits per heavy atom. The van der Waals surface area contributed by atoms with Crippen molar-refractivity contribution in [3.05, 3.63) is 56.3 Å². The number of halogens is 2. The molecule has 21 heavy (non-hydrogen) atoms. The molecule has 0 saturated heterocycles. The molecular formula is C16H15BrClNO2. The maximum absolute atomic E-state index is 12.4. The van der Waals surface area contributed by atoms with E-state index in [0.717, 1.165) is 27.0 Å². The highest BCUT2D eigenvalue weighted by Crippen LogP contribution is 2.26. The SMILES string of the molecule is COc1c(C)cnc(CC(=O)c2ccc(Br)c(Cl)c2)c1C. The lowest BCUT2D eigenvalue weighted by molar-refractivity contribution is 0.0991. The summed E-state index contributed by atoms with van der Waals surface area (Å²) < 4.78 is 6.13. The zero-order valence-corrected chi connectivity index (χ0v) is 14.4. The predicted octanol–water partition coefficient (Wildman–Crippen LogP) is 4.55. The molecule has 0 saturated carbocycles. The Morgan fingerprint density at radius 1 is 1.38 bits per heavy atom. The molecule has 0 aliphatic rings. The first kappa shape index (κ1) is 16.0. The zero-order chi connectivity index (χ0) is 15.6. The number of pyridine rings is 1. The van der Waals surface area contributed by atoms with Crippen LogP contribution in [0.3, 0.4) is 0 Å². The van der Waals surface area contributed by atoms with Crippen LogP contribution >= 0.6 is 27.5 Å². The lowest BCUT2D eigenvalue weighted by Gasteiger charge is -2.12. The standard InChI is InChI=1S/C16H15BrClNO2/c1-9-8-19-14(10(2)16(9)21-3)7-15(20)11-4-5-12(17)13(18)6-11/h4-6,8H,7H2,1-3H3. The van der Waals surface area contributed by atoms with Crippen LogP contribution in [0.25, 0.3) is 0 Å². The first-order valence-corrected chi connectivity index (χ1v) is 7.58. The third-order valence-electron chi connectivity index (χ3n) is 3.32. The van der Waals surface area contributed by atoms with Gasteiger partial charge in [0.05, 0.1) is 24.2 Å². The average molecular weight is 369 g/mol. The van der Waals surface area contributed by atoms with Crippen LogP contribution < -0.4 is 4.74 Å². The van der Waals surface area contributed by atoms with Gasteiger partial charge < -0.3 is 4.74 Å². The average Bonchev–Trinajstić information content (AvgIpc) is 2.45. The largest absolute Gasteiger partial charge is 0.496 e. The second-order valence-corrected chi connectivity index (χ2v) is 6.04. The zero-order valence-electron chi connectivity index (χ0n) is 12.0. The van der Waals surface area contributed by atoms with Crippen molar-refractivity contribution >= 4 is 33.3 Å². The predicted molar refractivity (Wildman–Crippen MR) is 87.4 cm³/mol. The van der Waals surface area contributed by atoms with E-state index in [9.17, 15) is 4.79 Å². The molecule has 2 aromatic rings. The van der Waals surface area contributed by atoms with E-state index in [4.69, 9.17) is 16.3 Å². The molecule has 0 bridgehead atoms. The number of benzene rings is 1. The van der Waals surface area contributed by atoms with Crippen molar-refractivity contribution in [2.45, 2.75) is 20.3 Å². The third kappa shape index (κ3) is 3.44. The van der Waals surface area contributed by atoms with Gasteiger partial charge in [-0.25, -0.2) is 0 Å². The van der Waals surface area contributed by atoms with E-state index < -0.39 is 0 Å². The van der Waals surface area contributed by atoms with Gasteiger partial charge in [0.25, 0.3) is 0 Å². The van der Waals surface area contributed by atoms with E-state index >= 15 is 0 Å². The summed E-state index contributed by atoms with van der Waals surface area (Å²) in [7, 11) is 1.62. The fourth-order valence-electron chi connectivity index (χ4n) is 2.17. The Morgan fingerprint density at radius 3 is 2.71 bits per heavy atom. The molecule has 5 heteroatoms. The van der Waals surface area contributed by atoms with Crippen molar-refractivity contribution in [1.82, 2.24) is 4.98 Å². The number of carbonyl (C=O) groups excluding carboxylic acids is 1. The summed E-state index contributed by atoms with van der Waals surface area (Å²) >= 11 is 9.34. The molecular weight excluding hydrogens is 354 g/mol. The minimum Gasteiger partial charge on any atom is -0.496 e. The summed E-state index contributed by atoms with van der Waals surface area (Å²) in [5.41, 5.74) is 3.15. The van der Waals surface area contributed by atoms with Gasteiger partial charge in [0, 0.05) is 27.4 Å². The number of hydrogen-bond donors (Lipinski definition) is 0. The van der Waals surface area contributed by atoms with Gasteiger partial charge in [-0.2, -0.15) is 0 Å². The van der Waals surface area contributed by atoms with Crippen molar-refractivity contribution in [2.24, 2.45) is 0 Å². The van der Waals surface area contributed by atoms with Crippen molar-refractivity contribution in [2.75, 3.05) is 7.11 Å². The van der Waals surface area contributed by atoms with Crippen LogP contribution in [-0.2, 0) is 6.42 Å². The number of rotatable bonds is 4. The first-order valence-electron chi connectivity index (χ1n) is 6.41. The second kappa shape index (κ2) is 6.58. The maximum atomic E-state index is 12.4. The number of methoxy groups -OCH3 is 1. The molecule has 0 radical (unpaired) electrons. The summed E-state index contributed by atoms with van der Waals surface area (Å²) in [4.78, 5) is 16.7. The monoisotopic (exact) mass is 367 g/mol. The van der Waals surface area contributed by atoms with E-state index in [-0.39, 0.29) is 12.2 Å². The third-order valence-corrected chi connectivity index (χ3v) is 4.55. The van der Waals surface area contributed by atoms with Gasteiger partial charge in [-0.1, -0.05) is 17.7 Å². The number of aryl methyl sites for hydroxylation is 1. The van der Waals surface area contributed by atoms with Gasteiger partial charge in [-0.05, 0) is 41.9 Å². The van der Waals surface area contributed by atoms with Gasteiger partial charge in [-0.3, -0.25) is 9.78 Å². The van der Waals surface area contributed by atoms with Crippen LogP contribution in [0, 0.1) is 13.8 Å². The van der Waals surface area contributed by atoms with Crippen molar-refractivity contribution in [3.63, 3.8) is 0 Å². The highest BCUT2D eigenvalue weighted by atomic mass is 79.9. The minimum absolute atomic E-state index is 0.0223. The molecule has 1 aromatic carbocycles. The fraction of sp³-hybridized carbons (Fsp3) is 0.250. The van der Waals surface area contributed by atoms with Crippen molar-refractivity contribution < 1.29 is 9.53 Å². The number of hydrogen-bond acceptors (Lipinski definition) is 3. The molecule has 0 amide bonds. The van der Waals surface area contributed by atoms with Crippen LogP contribution in [0.1, 0.15) is 27.2 Å². The first-order chi connectivity index (χ1) is 9.93. The smallest absolute Gasteiger partial charge is 0.168 e. The maximum Gasteiger partial charge on any atom is 0.168 e. The second-order valence-electron chi connectivity index (χ2n) is 4.77. The quantitative estimate of drug-likeness (QED) is 0.743. The molecule has 3 nitrogen and oxygen atoms in total. The molecule has 110 valence electrons. The van der Waals surface area contributed by atoms with Crippen LogP contribution in [0.15, 0.2) is 28.9 Å². The topological polar surface area (TPSA) is 39.2 Å². The highest BCUT2D eigenvalue weighted by molar-refractivity contribution is 9.10. The Balaban J connectivity index is 2.29. The highest BCUT2D eigenvalue weighted by Gasteiger charge is 2.15. The Bertz CT molecular complexity index is 701. The summed E-state index contributed by atoms with van der Waals surface area (Å²) in [5.74, 6) is 0.757. The van der Waals surface area contributed by atoms with Crippen molar-refractivity contribution in [3.8, 4) is 5.75 Å². The van der Waals surface area contributed by atoms with Gasteiger partial charge in [0.1, 0.15) is 5.75 Å². The van der Waals surface area contributed by atoms with E-state index in [1.807, 2.05) is 13.8 Å². The number of nitrogens with zero attached hydrogens (tertiary/aromatic N) is 1. The molecule has 0 unspecified atom stereocenters. The van der Waals surface area contributed by atoms with Gasteiger partial charge >= 0.3 is 0 Å². The van der Waals surface area contributed by atoms with Gasteiger partial charge in [0.15, 0.2) is 5.78 Å². The van der Waals surface area contributed by atoms with Crippen LogP contribution in [-0.4, -0.2) is 17.9 Å². The van der Waals surface area contributed by atoms with Crippen LogP contribution in [0.4, 0.5) is 0 Å². The van der Waals surface area contributed by atoms with Crippen LogP contribution in [0.2, 0.25) is 5.02 Å². The molecule has 0 atom stereocenters. The van der Waals surface area contributed by atoms with Crippen LogP contribution in [0.5, 0.6) is 5.75 Å². The van der Waals surface area contributed by atoms with Gasteiger partial charge in [0.2, 0.25) is 0 Å². The molecule has 1 aromatic heterocycles. The van der Waals surface area contributed by atoms with E-state index in [2.05, 4.69) is 20.9 Å². The summed E-state index contributed by atoms with van der Waals surface area (Å²) in [6, 6.07) is 5.18. The Kier molecular flexibility index (Phi) is 5.01. The Hall–Kier alpha value is -1.39. The Labute approximate surface area is 137 Å². The molecule has 0 aliphatic heterocycles. The fourth-order valence-corrected chi connectivity index (χ4v) is 2.60. The lowest BCUT2D eigenvalue weighted by atomic mass is 10.0. The minimum atomic E-state index is -0.0223. The number of ether oxygens (including phenoxy) is 1. The summed E-state index contributed by atoms with van der Waals surface area (Å²) in [5, 5.41) is 0.520. The van der Waals surface area contributed by atoms with Gasteiger partial charge in [-0.15, -0.1) is 0 Å². The molecule has 1 heterocycles. The number of aromatic nitrogens is 1. The molecule has 0 N–H and O–H groups in total. The number of Topliss-reactive ketones (excluding diaryl/α,β-unsaturated/α-hetero) is 1. The van der Waals surface area contributed by atoms with E-state index in [1.165, 1.54) is 0 Å². The molecule has 0 spiro atoms. The summed E-state index contributed by atoms with van der Waals surface area (Å²) in [6.45, 7) is 3.84. The van der Waals surface area contributed by atoms with E-state index in [1.54, 1.807) is 31.5 Å². The van der Waals surface area contributed by atoms with Crippen molar-refractivity contribution in [1.29, 1.82) is 0 Å². The van der Waals surface area contributed by atoms with E-state index in [0.29, 0.717) is 10.6 Å². The molecule has 0 aliphatic carbocycles. The lowest BCUT2D eigenvalue weighted by Crippen LogP contribution is -2.08. The number of ketones is 1. The summed E-state index contributed by atoms with van der Waals surface area (Å²) in [6.07, 6.45) is 1.95. The number of carbonyl (C=O) groups is 1. The molecule has 0 fully saturated rings. The normalized spacial score (nSPS) is 10.5. The molecule has 2 rings (SSSR count).